The number of rotatable bonds is 4. The number of nitrogens with one attached hydrogen (secondary N) is 1. The number of alkyl carbamates (subject to hydrolysis) is 1. The van der Waals surface area contributed by atoms with Crippen LogP contribution < -0.4 is 10.8 Å². The Labute approximate surface area is 200 Å². The molecule has 188 valence electrons. The van der Waals surface area contributed by atoms with Crippen molar-refractivity contribution < 1.29 is 32.4 Å². The molecule has 2 heterocycles. The standard InChI is InChI=1S/C24H35BF2N2O5/c1-21(2,3)32-20(31)28-15-16-12-17(19(30)29-10-8-24(26,27)9-11-29)14-18(13-16)25-33-22(4,5)23(6,7)34-25/h12-14H,8-11,15H2,1-7H3,(H,28,31). The van der Waals surface area contributed by atoms with Crippen molar-refractivity contribution in [2.24, 2.45) is 0 Å². The van der Waals surface area contributed by atoms with E-state index in [0.29, 0.717) is 16.6 Å². The van der Waals surface area contributed by atoms with Gasteiger partial charge in [0, 0.05) is 38.0 Å². The molecule has 0 aliphatic carbocycles. The fourth-order valence-corrected chi connectivity index (χ4v) is 3.77. The van der Waals surface area contributed by atoms with Crippen molar-refractivity contribution in [3.05, 3.63) is 29.3 Å². The smallest absolute Gasteiger partial charge is 0.444 e. The number of alkyl halides is 2. The topological polar surface area (TPSA) is 77.1 Å². The Kier molecular flexibility index (Phi) is 7.08. The van der Waals surface area contributed by atoms with Gasteiger partial charge in [0.05, 0.1) is 11.2 Å². The van der Waals surface area contributed by atoms with Crippen LogP contribution in [0.15, 0.2) is 18.2 Å². The van der Waals surface area contributed by atoms with E-state index in [1.54, 1.807) is 39.0 Å². The first-order valence-corrected chi connectivity index (χ1v) is 11.6. The van der Waals surface area contributed by atoms with Crippen molar-refractivity contribution in [1.82, 2.24) is 10.2 Å². The minimum absolute atomic E-state index is 0.0158. The Morgan fingerprint density at radius 2 is 1.62 bits per heavy atom. The highest BCUT2D eigenvalue weighted by Gasteiger charge is 2.52. The summed E-state index contributed by atoms with van der Waals surface area (Å²) in [6.45, 7) is 13.1. The summed E-state index contributed by atoms with van der Waals surface area (Å²) in [5, 5.41) is 2.70. The van der Waals surface area contributed by atoms with Crippen LogP contribution in [0.25, 0.3) is 0 Å². The van der Waals surface area contributed by atoms with Crippen LogP contribution in [0.3, 0.4) is 0 Å². The van der Waals surface area contributed by atoms with E-state index < -0.39 is 35.9 Å². The van der Waals surface area contributed by atoms with Crippen LogP contribution in [0.5, 0.6) is 0 Å². The number of piperidine rings is 1. The van der Waals surface area contributed by atoms with E-state index in [1.165, 1.54) is 4.90 Å². The van der Waals surface area contributed by atoms with Crippen molar-refractivity contribution in [2.45, 2.75) is 90.6 Å². The molecule has 0 spiro atoms. The molecule has 34 heavy (non-hydrogen) atoms. The molecule has 3 rings (SSSR count). The number of halogens is 2. The lowest BCUT2D eigenvalue weighted by molar-refractivity contribution is -0.0494. The number of amides is 2. The molecule has 2 fully saturated rings. The van der Waals surface area contributed by atoms with Crippen molar-refractivity contribution in [3.63, 3.8) is 0 Å². The summed E-state index contributed by atoms with van der Waals surface area (Å²) in [6, 6.07) is 5.13. The summed E-state index contributed by atoms with van der Waals surface area (Å²) in [5.74, 6) is -3.09. The first kappa shape index (κ1) is 26.4. The molecule has 2 saturated heterocycles. The monoisotopic (exact) mass is 480 g/mol. The van der Waals surface area contributed by atoms with Crippen LogP contribution in [0.2, 0.25) is 0 Å². The van der Waals surface area contributed by atoms with Crippen LogP contribution >= 0.6 is 0 Å². The maximum absolute atomic E-state index is 13.6. The van der Waals surface area contributed by atoms with Gasteiger partial charge >= 0.3 is 13.2 Å². The van der Waals surface area contributed by atoms with Gasteiger partial charge in [-0.05, 0) is 71.6 Å². The highest BCUT2D eigenvalue weighted by atomic mass is 19.3. The van der Waals surface area contributed by atoms with Crippen LogP contribution in [-0.2, 0) is 20.6 Å². The number of carbonyl (C=O) groups is 2. The SMILES string of the molecule is CC(C)(C)OC(=O)NCc1cc(B2OC(C)(C)C(C)(C)O2)cc(C(=O)N2CCC(F)(F)CC2)c1. The molecule has 0 saturated carbocycles. The molecule has 1 aromatic carbocycles. The Balaban J connectivity index is 1.86. The Morgan fingerprint density at radius 3 is 2.15 bits per heavy atom. The van der Waals surface area contributed by atoms with E-state index >= 15 is 0 Å². The molecule has 0 atom stereocenters. The average Bonchev–Trinajstić information content (AvgIpc) is 2.91. The molecule has 2 amide bonds. The molecule has 7 nitrogen and oxygen atoms in total. The van der Waals surface area contributed by atoms with Crippen LogP contribution in [0, 0.1) is 0 Å². The summed E-state index contributed by atoms with van der Waals surface area (Å²) >= 11 is 0. The second-order valence-electron chi connectivity index (χ2n) is 11.1. The highest BCUT2D eigenvalue weighted by molar-refractivity contribution is 6.62. The van der Waals surface area contributed by atoms with Gasteiger partial charge < -0.3 is 24.3 Å². The first-order chi connectivity index (χ1) is 15.5. The Bertz CT molecular complexity index is 920. The third-order valence-electron chi connectivity index (χ3n) is 6.41. The van der Waals surface area contributed by atoms with Gasteiger partial charge in [0.2, 0.25) is 0 Å². The van der Waals surface area contributed by atoms with Crippen molar-refractivity contribution in [3.8, 4) is 0 Å². The predicted molar refractivity (Wildman–Crippen MR) is 125 cm³/mol. The van der Waals surface area contributed by atoms with E-state index in [2.05, 4.69) is 5.32 Å². The zero-order chi connectivity index (χ0) is 25.5. The van der Waals surface area contributed by atoms with Gasteiger partial charge in [-0.15, -0.1) is 0 Å². The second-order valence-corrected chi connectivity index (χ2v) is 11.1. The fraction of sp³-hybridized carbons (Fsp3) is 0.667. The number of hydrogen-bond donors (Lipinski definition) is 1. The molecule has 0 bridgehead atoms. The average molecular weight is 480 g/mol. The maximum Gasteiger partial charge on any atom is 0.494 e. The van der Waals surface area contributed by atoms with E-state index in [9.17, 15) is 18.4 Å². The lowest BCUT2D eigenvalue weighted by Gasteiger charge is -2.32. The van der Waals surface area contributed by atoms with Crippen LogP contribution in [0.1, 0.15) is 77.2 Å². The second kappa shape index (κ2) is 9.11. The number of benzene rings is 1. The molecular weight excluding hydrogens is 445 g/mol. The van der Waals surface area contributed by atoms with Crippen molar-refractivity contribution >= 4 is 24.6 Å². The maximum atomic E-state index is 13.6. The van der Waals surface area contributed by atoms with Gasteiger partial charge in [-0.1, -0.05) is 6.07 Å². The van der Waals surface area contributed by atoms with E-state index in [-0.39, 0.29) is 38.4 Å². The lowest BCUT2D eigenvalue weighted by Crippen LogP contribution is -2.43. The zero-order valence-corrected chi connectivity index (χ0v) is 21.1. The molecule has 10 heteroatoms. The number of ether oxygens (including phenoxy) is 1. The van der Waals surface area contributed by atoms with Crippen molar-refractivity contribution in [2.75, 3.05) is 13.1 Å². The number of carbonyl (C=O) groups excluding carboxylic acids is 2. The molecular formula is C24H35BF2N2O5. The Morgan fingerprint density at radius 1 is 1.06 bits per heavy atom. The number of nitrogens with zero attached hydrogens (tertiary/aromatic N) is 1. The summed E-state index contributed by atoms with van der Waals surface area (Å²) in [5.41, 5.74) is -0.211. The van der Waals surface area contributed by atoms with Crippen LogP contribution in [-0.4, -0.2) is 59.8 Å². The molecule has 0 aromatic heterocycles. The minimum Gasteiger partial charge on any atom is -0.444 e. The van der Waals surface area contributed by atoms with Crippen molar-refractivity contribution in [1.29, 1.82) is 0 Å². The molecule has 2 aliphatic heterocycles. The molecule has 1 N–H and O–H groups in total. The van der Waals surface area contributed by atoms with Gasteiger partial charge in [-0.25, -0.2) is 13.6 Å². The summed E-state index contributed by atoms with van der Waals surface area (Å²) in [4.78, 5) is 26.8. The predicted octanol–water partition coefficient (Wildman–Crippen LogP) is 3.88. The largest absolute Gasteiger partial charge is 0.494 e. The normalized spacial score (nSPS) is 21.3. The third kappa shape index (κ3) is 6.27. The molecule has 2 aliphatic rings. The van der Waals surface area contributed by atoms with E-state index in [0.717, 1.165) is 0 Å². The number of likely N-dealkylation sites (tertiary alicyclic amines) is 1. The molecule has 0 unspecified atom stereocenters. The highest BCUT2D eigenvalue weighted by Crippen LogP contribution is 2.36. The lowest BCUT2D eigenvalue weighted by atomic mass is 9.77. The Hall–Kier alpha value is -2.20. The van der Waals surface area contributed by atoms with Gasteiger partial charge in [0.1, 0.15) is 5.60 Å². The van der Waals surface area contributed by atoms with Gasteiger partial charge in [-0.2, -0.15) is 0 Å². The number of hydrogen-bond acceptors (Lipinski definition) is 5. The van der Waals surface area contributed by atoms with E-state index in [1.807, 2.05) is 27.7 Å². The fourth-order valence-electron chi connectivity index (χ4n) is 3.77. The van der Waals surface area contributed by atoms with Gasteiger partial charge in [0.25, 0.3) is 11.8 Å². The van der Waals surface area contributed by atoms with E-state index in [4.69, 9.17) is 14.0 Å². The van der Waals surface area contributed by atoms with Gasteiger partial charge in [-0.3, -0.25) is 4.79 Å². The molecule has 0 radical (unpaired) electrons. The summed E-state index contributed by atoms with van der Waals surface area (Å²) in [6.07, 6.45) is -1.30. The summed E-state index contributed by atoms with van der Waals surface area (Å²) in [7, 11) is -0.719. The third-order valence-corrected chi connectivity index (χ3v) is 6.41. The molecule has 1 aromatic rings. The quantitative estimate of drug-likeness (QED) is 0.662. The van der Waals surface area contributed by atoms with Gasteiger partial charge in [0.15, 0.2) is 0 Å². The minimum atomic E-state index is -2.75. The zero-order valence-electron chi connectivity index (χ0n) is 21.1. The van der Waals surface area contributed by atoms with Crippen LogP contribution in [0.4, 0.5) is 13.6 Å². The first-order valence-electron chi connectivity index (χ1n) is 11.6. The summed E-state index contributed by atoms with van der Waals surface area (Å²) < 4.78 is 44.8.